The molecule has 0 amide bonds. The van der Waals surface area contributed by atoms with Crippen molar-refractivity contribution in [2.45, 2.75) is 12.5 Å². The minimum Gasteiger partial charge on any atom is -0.388 e. The van der Waals surface area contributed by atoms with E-state index in [4.69, 9.17) is 34.8 Å². The van der Waals surface area contributed by atoms with E-state index in [1.165, 1.54) is 12.1 Å². The molecule has 0 bridgehead atoms. The summed E-state index contributed by atoms with van der Waals surface area (Å²) in [5.74, 6) is -0.438. The van der Waals surface area contributed by atoms with E-state index in [0.29, 0.717) is 20.6 Å². The van der Waals surface area contributed by atoms with Gasteiger partial charge in [-0.15, -0.1) is 0 Å². The summed E-state index contributed by atoms with van der Waals surface area (Å²) in [5, 5.41) is 11.2. The molecule has 0 fully saturated rings. The molecule has 1 atom stereocenters. The molecule has 1 unspecified atom stereocenters. The van der Waals surface area contributed by atoms with Gasteiger partial charge in [0.15, 0.2) is 0 Å². The van der Waals surface area contributed by atoms with E-state index in [9.17, 15) is 9.50 Å². The lowest BCUT2D eigenvalue weighted by Gasteiger charge is -2.13. The van der Waals surface area contributed by atoms with Crippen LogP contribution >= 0.6 is 34.8 Å². The SMILES string of the molecule is OC(Cc1c(F)cccc1Cl)c1ccc(Cl)c(Cl)c1. The van der Waals surface area contributed by atoms with E-state index < -0.39 is 11.9 Å². The van der Waals surface area contributed by atoms with Gasteiger partial charge in [0.05, 0.1) is 16.1 Å². The van der Waals surface area contributed by atoms with Gasteiger partial charge in [0.2, 0.25) is 0 Å². The Hall–Kier alpha value is -0.800. The van der Waals surface area contributed by atoms with E-state index in [1.807, 2.05) is 0 Å². The van der Waals surface area contributed by atoms with Gasteiger partial charge in [-0.1, -0.05) is 46.9 Å². The van der Waals surface area contributed by atoms with Gasteiger partial charge < -0.3 is 5.11 Å². The summed E-state index contributed by atoms with van der Waals surface area (Å²) in [6.07, 6.45) is -0.826. The molecule has 2 aromatic carbocycles. The summed E-state index contributed by atoms with van der Waals surface area (Å²) in [6, 6.07) is 9.21. The fourth-order valence-electron chi connectivity index (χ4n) is 1.76. The van der Waals surface area contributed by atoms with Crippen LogP contribution in [0.3, 0.4) is 0 Å². The molecule has 0 saturated heterocycles. The Morgan fingerprint density at radius 2 is 1.74 bits per heavy atom. The van der Waals surface area contributed by atoms with Crippen molar-refractivity contribution in [2.24, 2.45) is 0 Å². The molecule has 0 aliphatic heterocycles. The summed E-state index contributed by atoms with van der Waals surface area (Å²) >= 11 is 17.6. The van der Waals surface area contributed by atoms with Crippen molar-refractivity contribution in [1.82, 2.24) is 0 Å². The van der Waals surface area contributed by atoms with Crippen molar-refractivity contribution in [1.29, 1.82) is 0 Å². The zero-order chi connectivity index (χ0) is 14.0. The molecule has 100 valence electrons. The molecule has 2 rings (SSSR count). The van der Waals surface area contributed by atoms with Crippen LogP contribution in [-0.2, 0) is 6.42 Å². The largest absolute Gasteiger partial charge is 0.388 e. The molecule has 19 heavy (non-hydrogen) atoms. The van der Waals surface area contributed by atoms with Gasteiger partial charge in [0.1, 0.15) is 5.82 Å². The lowest BCUT2D eigenvalue weighted by molar-refractivity contribution is 0.177. The summed E-state index contributed by atoms with van der Waals surface area (Å²) in [7, 11) is 0. The first kappa shape index (κ1) is 14.6. The van der Waals surface area contributed by atoms with E-state index in [-0.39, 0.29) is 12.0 Å². The number of benzene rings is 2. The summed E-state index contributed by atoms with van der Waals surface area (Å²) in [5.41, 5.74) is 0.844. The fraction of sp³-hybridized carbons (Fsp3) is 0.143. The highest BCUT2D eigenvalue weighted by atomic mass is 35.5. The molecule has 0 heterocycles. The Morgan fingerprint density at radius 1 is 1.00 bits per heavy atom. The maximum absolute atomic E-state index is 13.6. The minimum absolute atomic E-state index is 0.0729. The molecular formula is C14H10Cl3FO. The van der Waals surface area contributed by atoms with E-state index in [1.54, 1.807) is 24.3 Å². The van der Waals surface area contributed by atoms with Crippen molar-refractivity contribution in [3.8, 4) is 0 Å². The lowest BCUT2D eigenvalue weighted by atomic mass is 10.0. The number of aliphatic hydroxyl groups excluding tert-OH is 1. The Bertz CT molecular complexity index is 581. The van der Waals surface area contributed by atoms with Gasteiger partial charge in [-0.3, -0.25) is 0 Å². The molecule has 0 saturated carbocycles. The Balaban J connectivity index is 2.25. The molecule has 0 aromatic heterocycles. The normalized spacial score (nSPS) is 12.5. The number of hydrogen-bond acceptors (Lipinski definition) is 1. The molecule has 5 heteroatoms. The van der Waals surface area contributed by atoms with Gasteiger partial charge in [-0.2, -0.15) is 0 Å². The van der Waals surface area contributed by atoms with Crippen LogP contribution in [-0.4, -0.2) is 5.11 Å². The molecule has 0 aliphatic carbocycles. The van der Waals surface area contributed by atoms with Crippen LogP contribution in [0.2, 0.25) is 15.1 Å². The maximum Gasteiger partial charge on any atom is 0.127 e. The van der Waals surface area contributed by atoms with Gasteiger partial charge in [0, 0.05) is 17.0 Å². The van der Waals surface area contributed by atoms with Gasteiger partial charge >= 0.3 is 0 Å². The standard InChI is InChI=1S/C14H10Cl3FO/c15-10-2-1-3-13(18)9(10)7-14(19)8-4-5-11(16)12(17)6-8/h1-6,14,19H,7H2. The molecule has 1 N–H and O–H groups in total. The third-order valence-corrected chi connectivity index (χ3v) is 3.88. The molecule has 0 spiro atoms. The first-order valence-corrected chi connectivity index (χ1v) is 6.68. The first-order valence-electron chi connectivity index (χ1n) is 5.55. The topological polar surface area (TPSA) is 20.2 Å². The van der Waals surface area contributed by atoms with Crippen LogP contribution in [0, 0.1) is 5.82 Å². The van der Waals surface area contributed by atoms with Crippen LogP contribution in [0.4, 0.5) is 4.39 Å². The van der Waals surface area contributed by atoms with Crippen molar-refractivity contribution in [2.75, 3.05) is 0 Å². The molecule has 0 aliphatic rings. The molecule has 2 aromatic rings. The van der Waals surface area contributed by atoms with Gasteiger partial charge in [0.25, 0.3) is 0 Å². The van der Waals surface area contributed by atoms with Crippen molar-refractivity contribution >= 4 is 34.8 Å². The second-order valence-corrected chi connectivity index (χ2v) is 5.32. The van der Waals surface area contributed by atoms with Crippen molar-refractivity contribution in [3.05, 3.63) is 68.4 Å². The number of rotatable bonds is 3. The lowest BCUT2D eigenvalue weighted by Crippen LogP contribution is -2.04. The third kappa shape index (κ3) is 3.40. The van der Waals surface area contributed by atoms with Crippen LogP contribution in [0.15, 0.2) is 36.4 Å². The maximum atomic E-state index is 13.6. The van der Waals surface area contributed by atoms with E-state index >= 15 is 0 Å². The fourth-order valence-corrected chi connectivity index (χ4v) is 2.30. The monoisotopic (exact) mass is 318 g/mol. The minimum atomic E-state index is -0.899. The van der Waals surface area contributed by atoms with Gasteiger partial charge in [-0.25, -0.2) is 4.39 Å². The van der Waals surface area contributed by atoms with Crippen molar-refractivity contribution < 1.29 is 9.50 Å². The summed E-state index contributed by atoms with van der Waals surface area (Å²) < 4.78 is 13.6. The zero-order valence-corrected chi connectivity index (χ0v) is 12.0. The van der Waals surface area contributed by atoms with Gasteiger partial charge in [-0.05, 0) is 29.8 Å². The highest BCUT2D eigenvalue weighted by molar-refractivity contribution is 6.42. The quantitative estimate of drug-likeness (QED) is 0.838. The Kier molecular flexibility index (Phi) is 4.69. The predicted octanol–water partition coefficient (Wildman–Crippen LogP) is 5.06. The third-order valence-electron chi connectivity index (χ3n) is 2.79. The second-order valence-electron chi connectivity index (χ2n) is 4.09. The number of hydrogen-bond donors (Lipinski definition) is 1. The highest BCUT2D eigenvalue weighted by Gasteiger charge is 2.15. The van der Waals surface area contributed by atoms with Crippen molar-refractivity contribution in [3.63, 3.8) is 0 Å². The summed E-state index contributed by atoms with van der Waals surface area (Å²) in [4.78, 5) is 0. The molecule has 1 nitrogen and oxygen atoms in total. The molecule has 0 radical (unpaired) electrons. The first-order chi connectivity index (χ1) is 8.99. The van der Waals surface area contributed by atoms with E-state index in [2.05, 4.69) is 0 Å². The number of aliphatic hydroxyl groups is 1. The average molecular weight is 320 g/mol. The smallest absolute Gasteiger partial charge is 0.127 e. The summed E-state index contributed by atoms with van der Waals surface area (Å²) in [6.45, 7) is 0. The van der Waals surface area contributed by atoms with Crippen LogP contribution in [0.1, 0.15) is 17.2 Å². The zero-order valence-electron chi connectivity index (χ0n) is 9.71. The highest BCUT2D eigenvalue weighted by Crippen LogP contribution is 2.29. The predicted molar refractivity (Wildman–Crippen MR) is 76.5 cm³/mol. The Morgan fingerprint density at radius 3 is 2.37 bits per heavy atom. The Labute approximate surface area is 125 Å². The average Bonchev–Trinajstić information content (AvgIpc) is 2.37. The van der Waals surface area contributed by atoms with Crippen LogP contribution in [0.25, 0.3) is 0 Å². The van der Waals surface area contributed by atoms with Crippen LogP contribution < -0.4 is 0 Å². The number of halogens is 4. The molecular weight excluding hydrogens is 310 g/mol. The second kappa shape index (κ2) is 6.10. The van der Waals surface area contributed by atoms with Crippen LogP contribution in [0.5, 0.6) is 0 Å². The van der Waals surface area contributed by atoms with E-state index in [0.717, 1.165) is 0 Å².